The van der Waals surface area contributed by atoms with Crippen LogP contribution in [0.25, 0.3) is 0 Å². The van der Waals surface area contributed by atoms with Gasteiger partial charge >= 0.3 is 0 Å². The monoisotopic (exact) mass is 190 g/mol. The summed E-state index contributed by atoms with van der Waals surface area (Å²) >= 11 is 0. The van der Waals surface area contributed by atoms with E-state index in [1.807, 2.05) is 0 Å². The smallest absolute Gasteiger partial charge is 0.0465 e. The number of hydrogen-bond donors (Lipinski definition) is 0. The van der Waals surface area contributed by atoms with Gasteiger partial charge in [-0.05, 0) is 43.2 Å². The number of fused-ring (bicyclic) bond motifs is 1. The SMILES string of the molecule is COCCC1Cc2ccc(C)cc2C1. The van der Waals surface area contributed by atoms with E-state index >= 15 is 0 Å². The van der Waals surface area contributed by atoms with E-state index in [4.69, 9.17) is 4.74 Å². The van der Waals surface area contributed by atoms with Gasteiger partial charge in [-0.2, -0.15) is 0 Å². The van der Waals surface area contributed by atoms with Crippen LogP contribution in [-0.2, 0) is 17.6 Å². The highest BCUT2D eigenvalue weighted by molar-refractivity contribution is 5.35. The molecular formula is C13H18O. The van der Waals surface area contributed by atoms with E-state index < -0.39 is 0 Å². The Labute approximate surface area is 86.1 Å². The fourth-order valence-electron chi connectivity index (χ4n) is 2.33. The second kappa shape index (κ2) is 4.14. The normalized spacial score (nSPS) is 19.7. The maximum absolute atomic E-state index is 5.13. The quantitative estimate of drug-likeness (QED) is 0.712. The summed E-state index contributed by atoms with van der Waals surface area (Å²) in [6.07, 6.45) is 3.70. The van der Waals surface area contributed by atoms with Crippen molar-refractivity contribution in [2.24, 2.45) is 5.92 Å². The summed E-state index contributed by atoms with van der Waals surface area (Å²) < 4.78 is 5.13. The molecule has 0 saturated heterocycles. The van der Waals surface area contributed by atoms with Crippen molar-refractivity contribution in [3.63, 3.8) is 0 Å². The van der Waals surface area contributed by atoms with Gasteiger partial charge in [0.25, 0.3) is 0 Å². The van der Waals surface area contributed by atoms with Gasteiger partial charge in [0, 0.05) is 13.7 Å². The zero-order valence-electron chi connectivity index (χ0n) is 9.05. The summed E-state index contributed by atoms with van der Waals surface area (Å²) in [4.78, 5) is 0. The molecule has 0 bridgehead atoms. The van der Waals surface area contributed by atoms with Gasteiger partial charge in [0.15, 0.2) is 0 Å². The molecule has 14 heavy (non-hydrogen) atoms. The molecule has 1 atom stereocenters. The molecule has 0 aliphatic heterocycles. The van der Waals surface area contributed by atoms with Gasteiger partial charge in [-0.3, -0.25) is 0 Å². The van der Waals surface area contributed by atoms with Gasteiger partial charge < -0.3 is 4.74 Å². The van der Waals surface area contributed by atoms with Crippen LogP contribution in [0.3, 0.4) is 0 Å². The number of ether oxygens (including phenoxy) is 1. The fourth-order valence-corrected chi connectivity index (χ4v) is 2.33. The Morgan fingerprint density at radius 2 is 2.07 bits per heavy atom. The number of benzene rings is 1. The first-order chi connectivity index (χ1) is 6.79. The molecule has 1 aromatic carbocycles. The van der Waals surface area contributed by atoms with Gasteiger partial charge in [-0.25, -0.2) is 0 Å². The minimum atomic E-state index is 0.812. The summed E-state index contributed by atoms with van der Waals surface area (Å²) in [5.74, 6) is 0.812. The predicted octanol–water partition coefficient (Wildman–Crippen LogP) is 2.75. The van der Waals surface area contributed by atoms with Crippen molar-refractivity contribution in [2.75, 3.05) is 13.7 Å². The Kier molecular flexibility index (Phi) is 2.87. The van der Waals surface area contributed by atoms with Crippen LogP contribution in [0.1, 0.15) is 23.1 Å². The lowest BCUT2D eigenvalue weighted by Crippen LogP contribution is -2.03. The molecule has 76 valence electrons. The maximum atomic E-state index is 5.13. The third kappa shape index (κ3) is 1.98. The molecule has 0 fully saturated rings. The van der Waals surface area contributed by atoms with Gasteiger partial charge in [0.2, 0.25) is 0 Å². The molecule has 0 saturated carbocycles. The van der Waals surface area contributed by atoms with E-state index in [9.17, 15) is 0 Å². The Bertz CT molecular complexity index is 317. The molecule has 0 spiro atoms. The van der Waals surface area contributed by atoms with Crippen LogP contribution in [-0.4, -0.2) is 13.7 Å². The Morgan fingerprint density at radius 1 is 1.29 bits per heavy atom. The molecule has 1 aliphatic carbocycles. The summed E-state index contributed by atoms with van der Waals surface area (Å²) in [6, 6.07) is 6.84. The van der Waals surface area contributed by atoms with Crippen molar-refractivity contribution >= 4 is 0 Å². The molecule has 2 rings (SSSR count). The highest BCUT2D eigenvalue weighted by Gasteiger charge is 2.20. The lowest BCUT2D eigenvalue weighted by Gasteiger charge is -2.06. The second-order valence-electron chi connectivity index (χ2n) is 4.33. The van der Waals surface area contributed by atoms with E-state index in [0.29, 0.717) is 0 Å². The third-order valence-electron chi connectivity index (χ3n) is 3.11. The van der Waals surface area contributed by atoms with Crippen molar-refractivity contribution in [1.82, 2.24) is 0 Å². The van der Waals surface area contributed by atoms with Gasteiger partial charge in [-0.1, -0.05) is 23.8 Å². The molecule has 0 amide bonds. The predicted molar refractivity (Wildman–Crippen MR) is 58.6 cm³/mol. The molecule has 0 N–H and O–H groups in total. The number of methoxy groups -OCH3 is 1. The number of rotatable bonds is 3. The van der Waals surface area contributed by atoms with Crippen molar-refractivity contribution in [3.05, 3.63) is 34.9 Å². The summed E-state index contributed by atoms with van der Waals surface area (Å²) in [7, 11) is 1.78. The molecule has 1 unspecified atom stereocenters. The average Bonchev–Trinajstić information content (AvgIpc) is 2.56. The molecule has 0 heterocycles. The van der Waals surface area contributed by atoms with Crippen LogP contribution in [0.4, 0.5) is 0 Å². The minimum Gasteiger partial charge on any atom is -0.385 e. The maximum Gasteiger partial charge on any atom is 0.0465 e. The van der Waals surface area contributed by atoms with E-state index in [0.717, 1.165) is 12.5 Å². The first kappa shape index (κ1) is 9.72. The van der Waals surface area contributed by atoms with Crippen LogP contribution in [0.2, 0.25) is 0 Å². The molecule has 1 aromatic rings. The molecular weight excluding hydrogens is 172 g/mol. The van der Waals surface area contributed by atoms with Gasteiger partial charge in [0.1, 0.15) is 0 Å². The number of hydrogen-bond acceptors (Lipinski definition) is 1. The number of aryl methyl sites for hydroxylation is 1. The van der Waals surface area contributed by atoms with Crippen LogP contribution in [0, 0.1) is 12.8 Å². The van der Waals surface area contributed by atoms with Crippen LogP contribution in [0.5, 0.6) is 0 Å². The zero-order valence-corrected chi connectivity index (χ0v) is 9.05. The minimum absolute atomic E-state index is 0.812. The summed E-state index contributed by atoms with van der Waals surface area (Å²) in [5, 5.41) is 0. The van der Waals surface area contributed by atoms with Crippen molar-refractivity contribution in [2.45, 2.75) is 26.2 Å². The largest absolute Gasteiger partial charge is 0.385 e. The first-order valence-corrected chi connectivity index (χ1v) is 5.37. The summed E-state index contributed by atoms with van der Waals surface area (Å²) in [6.45, 7) is 3.07. The van der Waals surface area contributed by atoms with Crippen LogP contribution >= 0.6 is 0 Å². The van der Waals surface area contributed by atoms with Crippen LogP contribution in [0.15, 0.2) is 18.2 Å². The van der Waals surface area contributed by atoms with Crippen LogP contribution < -0.4 is 0 Å². The molecule has 1 aliphatic rings. The standard InChI is InChI=1S/C13H18O/c1-10-3-4-12-8-11(5-6-14-2)9-13(12)7-10/h3-4,7,11H,5-6,8-9H2,1-2H3. The Balaban J connectivity index is 2.03. The third-order valence-corrected chi connectivity index (χ3v) is 3.11. The molecule has 1 nitrogen and oxygen atoms in total. The second-order valence-corrected chi connectivity index (χ2v) is 4.33. The first-order valence-electron chi connectivity index (χ1n) is 5.37. The lowest BCUT2D eigenvalue weighted by atomic mass is 10.0. The highest BCUT2D eigenvalue weighted by Crippen LogP contribution is 2.29. The van der Waals surface area contributed by atoms with Crippen molar-refractivity contribution in [1.29, 1.82) is 0 Å². The van der Waals surface area contributed by atoms with Crippen molar-refractivity contribution in [3.8, 4) is 0 Å². The topological polar surface area (TPSA) is 9.23 Å². The molecule has 0 radical (unpaired) electrons. The van der Waals surface area contributed by atoms with E-state index in [2.05, 4.69) is 25.1 Å². The van der Waals surface area contributed by atoms with Gasteiger partial charge in [-0.15, -0.1) is 0 Å². The Morgan fingerprint density at radius 3 is 2.86 bits per heavy atom. The fraction of sp³-hybridized carbons (Fsp3) is 0.538. The van der Waals surface area contributed by atoms with Crippen molar-refractivity contribution < 1.29 is 4.74 Å². The van der Waals surface area contributed by atoms with E-state index in [-0.39, 0.29) is 0 Å². The summed E-state index contributed by atoms with van der Waals surface area (Å²) in [5.41, 5.74) is 4.50. The molecule has 1 heteroatoms. The lowest BCUT2D eigenvalue weighted by molar-refractivity contribution is 0.179. The van der Waals surface area contributed by atoms with Gasteiger partial charge in [0.05, 0.1) is 0 Å². The molecule has 0 aromatic heterocycles. The van der Waals surface area contributed by atoms with E-state index in [1.54, 1.807) is 18.2 Å². The highest BCUT2D eigenvalue weighted by atomic mass is 16.5. The Hall–Kier alpha value is -0.820. The van der Waals surface area contributed by atoms with E-state index in [1.165, 1.54) is 24.8 Å². The zero-order chi connectivity index (χ0) is 9.97. The average molecular weight is 190 g/mol.